The van der Waals surface area contributed by atoms with Crippen LogP contribution in [0.4, 0.5) is 0 Å². The number of pyridine rings is 2. The summed E-state index contributed by atoms with van der Waals surface area (Å²) in [6, 6.07) is 20.3. The van der Waals surface area contributed by atoms with E-state index in [-0.39, 0.29) is 5.56 Å². The van der Waals surface area contributed by atoms with Gasteiger partial charge in [0.25, 0.3) is 5.56 Å². The molecule has 2 aromatic heterocycles. The lowest BCUT2D eigenvalue weighted by Crippen LogP contribution is -2.22. The third-order valence-electron chi connectivity index (χ3n) is 4.79. The summed E-state index contributed by atoms with van der Waals surface area (Å²) in [5.41, 5.74) is 2.19. The van der Waals surface area contributed by atoms with E-state index in [9.17, 15) is 4.79 Å². The van der Waals surface area contributed by atoms with Crippen molar-refractivity contribution in [2.45, 2.75) is 0 Å². The lowest BCUT2D eigenvalue weighted by atomic mass is 10.0. The molecule has 0 saturated carbocycles. The number of fused-ring (bicyclic) bond motifs is 1. The van der Waals surface area contributed by atoms with Crippen LogP contribution in [-0.2, 0) is 0 Å². The molecule has 0 N–H and O–H groups in total. The molecule has 0 fully saturated rings. The number of hydrogen-bond acceptors (Lipinski definition) is 3. The van der Waals surface area contributed by atoms with Crippen LogP contribution in [0.3, 0.4) is 0 Å². The Bertz CT molecular complexity index is 1320. The Morgan fingerprint density at radius 2 is 1.97 bits per heavy atom. The third-order valence-corrected chi connectivity index (χ3v) is 5.03. The summed E-state index contributed by atoms with van der Waals surface area (Å²) in [7, 11) is 1.60. The zero-order valence-electron chi connectivity index (χ0n) is 16.4. The molecule has 4 rings (SSSR count). The Labute approximate surface area is 179 Å². The molecule has 0 saturated heterocycles. The van der Waals surface area contributed by atoms with Gasteiger partial charge >= 0.3 is 0 Å². The van der Waals surface area contributed by atoms with Gasteiger partial charge in [0.2, 0.25) is 0 Å². The van der Waals surface area contributed by atoms with Gasteiger partial charge < -0.3 is 4.74 Å². The summed E-state index contributed by atoms with van der Waals surface area (Å²) < 4.78 is 6.95. The molecule has 4 nitrogen and oxygen atoms in total. The van der Waals surface area contributed by atoms with E-state index in [0.29, 0.717) is 27.7 Å². The van der Waals surface area contributed by atoms with Crippen LogP contribution in [0.25, 0.3) is 28.2 Å². The number of methoxy groups -OCH3 is 1. The Kier molecular flexibility index (Phi) is 5.50. The van der Waals surface area contributed by atoms with Crippen LogP contribution in [0.1, 0.15) is 11.3 Å². The quantitative estimate of drug-likeness (QED) is 0.389. The fraction of sp³-hybridized carbons (Fsp3) is 0.0400. The summed E-state index contributed by atoms with van der Waals surface area (Å²) in [6.07, 6.45) is 5.33. The Morgan fingerprint density at radius 1 is 1.10 bits per heavy atom. The molecule has 0 spiro atoms. The van der Waals surface area contributed by atoms with Gasteiger partial charge in [-0.1, -0.05) is 42.5 Å². The van der Waals surface area contributed by atoms with Crippen LogP contribution < -0.4 is 10.3 Å². The van der Waals surface area contributed by atoms with Crippen LogP contribution >= 0.6 is 11.6 Å². The van der Waals surface area contributed by atoms with Gasteiger partial charge in [0, 0.05) is 16.6 Å². The number of halogens is 1. The van der Waals surface area contributed by atoms with Crippen molar-refractivity contribution in [3.63, 3.8) is 0 Å². The maximum Gasteiger partial charge on any atom is 0.264 e. The van der Waals surface area contributed by atoms with Gasteiger partial charge in [0.05, 0.1) is 12.8 Å². The Balaban J connectivity index is 2.05. The lowest BCUT2D eigenvalue weighted by molar-refractivity contribution is 0.415. The second kappa shape index (κ2) is 8.39. The van der Waals surface area contributed by atoms with Crippen molar-refractivity contribution in [1.82, 2.24) is 9.55 Å². The van der Waals surface area contributed by atoms with E-state index in [0.717, 1.165) is 16.5 Å². The van der Waals surface area contributed by atoms with Crippen molar-refractivity contribution in [1.29, 1.82) is 0 Å². The van der Waals surface area contributed by atoms with E-state index in [1.54, 1.807) is 42.1 Å². The maximum absolute atomic E-state index is 13.5. The highest BCUT2D eigenvalue weighted by molar-refractivity contribution is 6.30. The summed E-state index contributed by atoms with van der Waals surface area (Å²) in [5.74, 6) is 1.22. The van der Waals surface area contributed by atoms with Gasteiger partial charge in [-0.05, 0) is 71.1 Å². The SMILES string of the molecule is C=CC(=Cc1cccc(Cl)c1)c1cc2cc(OC)ccc2c(=O)n1-c1ccccn1. The minimum atomic E-state index is -0.164. The number of rotatable bonds is 5. The fourth-order valence-corrected chi connectivity index (χ4v) is 3.56. The van der Waals surface area contributed by atoms with E-state index < -0.39 is 0 Å². The first kappa shape index (κ1) is 19.7. The Morgan fingerprint density at radius 3 is 2.67 bits per heavy atom. The molecule has 30 heavy (non-hydrogen) atoms. The van der Waals surface area contributed by atoms with Gasteiger partial charge in [-0.25, -0.2) is 4.98 Å². The van der Waals surface area contributed by atoms with Gasteiger partial charge in [-0.2, -0.15) is 0 Å². The van der Waals surface area contributed by atoms with Crippen molar-refractivity contribution in [3.8, 4) is 11.6 Å². The molecule has 0 unspecified atom stereocenters. The first-order valence-electron chi connectivity index (χ1n) is 9.36. The van der Waals surface area contributed by atoms with Crippen LogP contribution in [0.5, 0.6) is 5.75 Å². The molecular weight excluding hydrogens is 396 g/mol. The molecule has 0 radical (unpaired) electrons. The normalized spacial score (nSPS) is 11.5. The number of nitrogens with zero attached hydrogens (tertiary/aromatic N) is 2. The molecular formula is C25H19ClN2O2. The van der Waals surface area contributed by atoms with Gasteiger partial charge in [-0.15, -0.1) is 0 Å². The average molecular weight is 415 g/mol. The number of aromatic nitrogens is 2. The van der Waals surface area contributed by atoms with Crippen molar-refractivity contribution in [3.05, 3.63) is 112 Å². The van der Waals surface area contributed by atoms with E-state index >= 15 is 0 Å². The molecule has 2 aromatic carbocycles. The molecule has 0 bridgehead atoms. The largest absolute Gasteiger partial charge is 0.497 e. The van der Waals surface area contributed by atoms with E-state index in [2.05, 4.69) is 11.6 Å². The predicted octanol–water partition coefficient (Wildman–Crippen LogP) is 5.77. The lowest BCUT2D eigenvalue weighted by Gasteiger charge is -2.15. The summed E-state index contributed by atoms with van der Waals surface area (Å²) in [4.78, 5) is 17.9. The second-order valence-corrected chi connectivity index (χ2v) is 7.11. The number of hydrogen-bond donors (Lipinski definition) is 0. The molecule has 0 amide bonds. The molecule has 0 aliphatic heterocycles. The molecule has 2 heterocycles. The first-order chi connectivity index (χ1) is 14.6. The highest BCUT2D eigenvalue weighted by Crippen LogP contribution is 2.26. The van der Waals surface area contributed by atoms with Crippen molar-refractivity contribution < 1.29 is 4.74 Å². The molecule has 4 aromatic rings. The molecule has 148 valence electrons. The molecule has 5 heteroatoms. The van der Waals surface area contributed by atoms with Crippen LogP contribution in [0, 0.1) is 0 Å². The number of allylic oxidation sites excluding steroid dienone is 2. The van der Waals surface area contributed by atoms with E-state index in [1.165, 1.54) is 0 Å². The first-order valence-corrected chi connectivity index (χ1v) is 9.74. The Hall–Kier alpha value is -3.63. The summed E-state index contributed by atoms with van der Waals surface area (Å²) >= 11 is 6.15. The van der Waals surface area contributed by atoms with Crippen LogP contribution in [-0.4, -0.2) is 16.7 Å². The zero-order chi connectivity index (χ0) is 21.1. The fourth-order valence-electron chi connectivity index (χ4n) is 3.36. The summed E-state index contributed by atoms with van der Waals surface area (Å²) in [6.45, 7) is 3.97. The van der Waals surface area contributed by atoms with Crippen molar-refractivity contribution in [2.75, 3.05) is 7.11 Å². The molecule has 0 aliphatic carbocycles. The van der Waals surface area contributed by atoms with Crippen molar-refractivity contribution >= 4 is 34.0 Å². The molecule has 0 aliphatic rings. The monoisotopic (exact) mass is 414 g/mol. The standard InChI is InChI=1S/C25H19ClN2O2/c1-3-18(13-17-7-6-8-20(26)14-17)23-16-19-15-21(30-2)10-11-22(19)25(29)28(23)24-9-4-5-12-27-24/h3-16H,1H2,2H3. The van der Waals surface area contributed by atoms with Gasteiger partial charge in [0.15, 0.2) is 0 Å². The number of benzene rings is 2. The topological polar surface area (TPSA) is 44.1 Å². The van der Waals surface area contributed by atoms with E-state index in [1.807, 2.05) is 54.6 Å². The zero-order valence-corrected chi connectivity index (χ0v) is 17.1. The van der Waals surface area contributed by atoms with Gasteiger partial charge in [0.1, 0.15) is 11.6 Å². The summed E-state index contributed by atoms with van der Waals surface area (Å²) in [5, 5.41) is 1.99. The number of ether oxygens (including phenoxy) is 1. The maximum atomic E-state index is 13.5. The van der Waals surface area contributed by atoms with Gasteiger partial charge in [-0.3, -0.25) is 9.36 Å². The smallest absolute Gasteiger partial charge is 0.264 e. The average Bonchev–Trinajstić information content (AvgIpc) is 2.77. The molecule has 0 atom stereocenters. The predicted molar refractivity (Wildman–Crippen MR) is 123 cm³/mol. The van der Waals surface area contributed by atoms with Crippen molar-refractivity contribution in [2.24, 2.45) is 0 Å². The van der Waals surface area contributed by atoms with Crippen LogP contribution in [0.2, 0.25) is 5.02 Å². The van der Waals surface area contributed by atoms with Crippen LogP contribution in [0.15, 0.2) is 90.4 Å². The third kappa shape index (κ3) is 3.78. The highest BCUT2D eigenvalue weighted by atomic mass is 35.5. The minimum Gasteiger partial charge on any atom is -0.497 e. The van der Waals surface area contributed by atoms with E-state index in [4.69, 9.17) is 16.3 Å². The second-order valence-electron chi connectivity index (χ2n) is 6.67. The minimum absolute atomic E-state index is 0.164. The highest BCUT2D eigenvalue weighted by Gasteiger charge is 2.15.